The van der Waals surface area contributed by atoms with Crippen molar-refractivity contribution in [1.29, 1.82) is 5.26 Å². The van der Waals surface area contributed by atoms with Crippen molar-refractivity contribution in [2.45, 2.75) is 0 Å². The number of ether oxygens (including phenoxy) is 7. The number of hydrogen-bond acceptors (Lipinski definition) is 9. The molecule has 0 bridgehead atoms. The lowest BCUT2D eigenvalue weighted by atomic mass is 10.2. The zero-order chi connectivity index (χ0) is 19.9. The highest BCUT2D eigenvalue weighted by molar-refractivity contribution is 5.68. The highest BCUT2D eigenvalue weighted by Crippen LogP contribution is 2.36. The Morgan fingerprint density at radius 2 is 1.63 bits per heavy atom. The summed E-state index contributed by atoms with van der Waals surface area (Å²) in [7, 11) is 3.09. The number of methoxy groups -OCH3 is 2. The number of nitrogens with zero attached hydrogens (tertiary/aromatic N) is 1. The number of hydrogen-bond donors (Lipinski definition) is 1. The fourth-order valence-corrected chi connectivity index (χ4v) is 1.75. The highest BCUT2D eigenvalue weighted by atomic mass is 16.7. The molecule has 0 saturated carbocycles. The van der Waals surface area contributed by atoms with E-state index in [1.807, 2.05) is 6.07 Å². The Balaban J connectivity index is 2.86. The van der Waals surface area contributed by atoms with Gasteiger partial charge in [0.15, 0.2) is 31.7 Å². The molecule has 0 heterocycles. The lowest BCUT2D eigenvalue weighted by Crippen LogP contribution is -2.12. The van der Waals surface area contributed by atoms with Crippen LogP contribution in [0, 0.1) is 11.3 Å². The average molecular weight is 385 g/mol. The topological polar surface area (TPSA) is 126 Å². The summed E-state index contributed by atoms with van der Waals surface area (Å²) in [5.41, 5.74) is 0.0973. The van der Waals surface area contributed by atoms with Crippen LogP contribution >= 0.6 is 0 Å². The molecule has 1 aromatic rings. The van der Waals surface area contributed by atoms with E-state index < -0.39 is 12.6 Å². The summed E-state index contributed by atoms with van der Waals surface area (Å²) in [4.78, 5) is 10.7. The summed E-state index contributed by atoms with van der Waals surface area (Å²) in [6, 6.07) is 4.72. The van der Waals surface area contributed by atoms with Crippen LogP contribution in [0.25, 0.3) is 0 Å². The van der Waals surface area contributed by atoms with Crippen molar-refractivity contribution >= 4 is 5.97 Å². The van der Waals surface area contributed by atoms with Crippen LogP contribution < -0.4 is 14.2 Å². The van der Waals surface area contributed by atoms with E-state index >= 15 is 0 Å². The van der Waals surface area contributed by atoms with Crippen LogP contribution in [0.2, 0.25) is 0 Å². The number of carbonyl (C=O) groups is 1. The lowest BCUT2D eigenvalue weighted by Gasteiger charge is -2.16. The summed E-state index contributed by atoms with van der Waals surface area (Å²) in [5.74, 6) is -0.714. The van der Waals surface area contributed by atoms with Gasteiger partial charge in [-0.2, -0.15) is 5.26 Å². The van der Waals surface area contributed by atoms with Gasteiger partial charge in [-0.15, -0.1) is 0 Å². The predicted molar refractivity (Wildman–Crippen MR) is 90.9 cm³/mol. The number of carboxylic acid groups (broad SMARTS) is 1. The van der Waals surface area contributed by atoms with Crippen LogP contribution in [0.5, 0.6) is 17.2 Å². The Kier molecular flexibility index (Phi) is 11.3. The molecule has 0 aliphatic heterocycles. The second-order valence-electron chi connectivity index (χ2n) is 4.92. The van der Waals surface area contributed by atoms with E-state index in [0.29, 0.717) is 26.4 Å². The molecule has 0 spiro atoms. The molecule has 0 radical (unpaired) electrons. The molecule has 0 aliphatic rings. The van der Waals surface area contributed by atoms with E-state index in [2.05, 4.69) is 0 Å². The second kappa shape index (κ2) is 13.6. The molecule has 10 nitrogen and oxygen atoms in total. The highest BCUT2D eigenvalue weighted by Gasteiger charge is 2.16. The first-order valence-electron chi connectivity index (χ1n) is 7.94. The van der Waals surface area contributed by atoms with Crippen LogP contribution in [0.15, 0.2) is 12.1 Å². The summed E-state index contributed by atoms with van der Waals surface area (Å²) in [6.45, 7) is 0.598. The van der Waals surface area contributed by atoms with Crippen molar-refractivity contribution in [2.24, 2.45) is 0 Å². The fraction of sp³-hybridized carbons (Fsp3) is 0.529. The smallest absolute Gasteiger partial charge is 0.341 e. The molecule has 0 saturated heterocycles. The number of benzene rings is 1. The Morgan fingerprint density at radius 3 is 2.19 bits per heavy atom. The largest absolute Gasteiger partial charge is 0.482 e. The number of nitriles is 1. The average Bonchev–Trinajstić information content (AvgIpc) is 2.66. The number of aliphatic carboxylic acids is 1. The van der Waals surface area contributed by atoms with Gasteiger partial charge < -0.3 is 38.3 Å². The standard InChI is InChI=1S/C17H23NO9/c1-21-3-5-23-11-26-15-8-14(25-10-16(19)20)7-13(9-18)17(15)27-12-24-6-4-22-2/h7-8H,3-6,10-12H2,1-2H3,(H,19,20). The third-order valence-electron chi connectivity index (χ3n) is 2.96. The Hall–Kier alpha value is -2.58. The van der Waals surface area contributed by atoms with E-state index in [4.69, 9.17) is 38.3 Å². The van der Waals surface area contributed by atoms with Gasteiger partial charge in [0.05, 0.1) is 26.4 Å². The summed E-state index contributed by atoms with van der Waals surface area (Å²) < 4.78 is 36.3. The molecular weight excluding hydrogens is 362 g/mol. The first-order valence-corrected chi connectivity index (χ1v) is 7.94. The Morgan fingerprint density at radius 1 is 1.00 bits per heavy atom. The van der Waals surface area contributed by atoms with Crippen molar-refractivity contribution in [3.05, 3.63) is 17.7 Å². The zero-order valence-electron chi connectivity index (χ0n) is 15.3. The molecule has 0 fully saturated rings. The summed E-state index contributed by atoms with van der Waals surface area (Å²) >= 11 is 0. The second-order valence-corrected chi connectivity index (χ2v) is 4.92. The van der Waals surface area contributed by atoms with Crippen LogP contribution in [-0.4, -0.2) is 71.9 Å². The first-order chi connectivity index (χ1) is 13.1. The fourth-order valence-electron chi connectivity index (χ4n) is 1.75. The van der Waals surface area contributed by atoms with Gasteiger partial charge in [-0.25, -0.2) is 4.79 Å². The van der Waals surface area contributed by atoms with Crippen molar-refractivity contribution in [3.8, 4) is 23.3 Å². The van der Waals surface area contributed by atoms with Gasteiger partial charge in [0, 0.05) is 26.4 Å². The molecule has 150 valence electrons. The molecule has 0 atom stereocenters. The van der Waals surface area contributed by atoms with Crippen LogP contribution in [0.4, 0.5) is 0 Å². The van der Waals surface area contributed by atoms with E-state index in [0.717, 1.165) is 0 Å². The summed E-state index contributed by atoms with van der Waals surface area (Å²) in [5, 5.41) is 18.1. The molecule has 0 aliphatic carbocycles. The molecule has 0 unspecified atom stereocenters. The Bertz CT molecular complexity index is 615. The third kappa shape index (κ3) is 9.07. The van der Waals surface area contributed by atoms with Gasteiger partial charge in [-0.3, -0.25) is 0 Å². The van der Waals surface area contributed by atoms with Crippen LogP contribution in [0.3, 0.4) is 0 Å². The quantitative estimate of drug-likeness (QED) is 0.345. The van der Waals surface area contributed by atoms with Gasteiger partial charge in [0.1, 0.15) is 17.4 Å². The van der Waals surface area contributed by atoms with Crippen molar-refractivity contribution in [2.75, 3.05) is 60.8 Å². The lowest BCUT2D eigenvalue weighted by molar-refractivity contribution is -0.139. The van der Waals surface area contributed by atoms with E-state index in [1.54, 1.807) is 14.2 Å². The molecule has 27 heavy (non-hydrogen) atoms. The van der Waals surface area contributed by atoms with Crippen molar-refractivity contribution in [3.63, 3.8) is 0 Å². The first kappa shape index (κ1) is 22.5. The van der Waals surface area contributed by atoms with E-state index in [1.165, 1.54) is 12.1 Å². The Labute approximate surface area is 157 Å². The third-order valence-corrected chi connectivity index (χ3v) is 2.96. The van der Waals surface area contributed by atoms with E-state index in [-0.39, 0.29) is 36.4 Å². The number of carboxylic acids is 1. The molecule has 0 aromatic heterocycles. The molecule has 0 amide bonds. The maximum atomic E-state index is 10.7. The van der Waals surface area contributed by atoms with Crippen LogP contribution in [-0.2, 0) is 23.7 Å². The minimum Gasteiger partial charge on any atom is -0.482 e. The zero-order valence-corrected chi connectivity index (χ0v) is 15.3. The molecule has 10 heteroatoms. The summed E-state index contributed by atoms with van der Waals surface area (Å²) in [6.07, 6.45) is 0. The van der Waals surface area contributed by atoms with Gasteiger partial charge >= 0.3 is 5.97 Å². The minimum absolute atomic E-state index is 0.0973. The monoisotopic (exact) mass is 385 g/mol. The predicted octanol–water partition coefficient (Wildman–Crippen LogP) is 1.02. The van der Waals surface area contributed by atoms with Gasteiger partial charge in [-0.05, 0) is 0 Å². The maximum absolute atomic E-state index is 10.7. The van der Waals surface area contributed by atoms with E-state index in [9.17, 15) is 10.1 Å². The molecule has 1 aromatic carbocycles. The van der Waals surface area contributed by atoms with Crippen molar-refractivity contribution < 1.29 is 43.1 Å². The van der Waals surface area contributed by atoms with Gasteiger partial charge in [0.2, 0.25) is 0 Å². The maximum Gasteiger partial charge on any atom is 0.341 e. The molecular formula is C17H23NO9. The van der Waals surface area contributed by atoms with Gasteiger partial charge in [-0.1, -0.05) is 0 Å². The normalized spacial score (nSPS) is 10.3. The number of rotatable bonds is 15. The minimum atomic E-state index is -1.15. The molecule has 1 rings (SSSR count). The van der Waals surface area contributed by atoms with Gasteiger partial charge in [0.25, 0.3) is 0 Å². The van der Waals surface area contributed by atoms with Crippen LogP contribution in [0.1, 0.15) is 5.56 Å². The molecule has 1 N–H and O–H groups in total. The SMILES string of the molecule is COCCOCOc1cc(OCC(=O)O)cc(C#N)c1OCOCCOC. The van der Waals surface area contributed by atoms with Crippen molar-refractivity contribution in [1.82, 2.24) is 0 Å².